The summed E-state index contributed by atoms with van der Waals surface area (Å²) in [7, 11) is 1.45. The van der Waals surface area contributed by atoms with Crippen LogP contribution in [0.15, 0.2) is 24.3 Å². The Balaban J connectivity index is 1.95. The Morgan fingerprint density at radius 2 is 1.88 bits per heavy atom. The maximum atomic E-state index is 11.4. The van der Waals surface area contributed by atoms with E-state index in [9.17, 15) is 4.79 Å². The summed E-state index contributed by atoms with van der Waals surface area (Å²) in [5.41, 5.74) is 7.60. The number of carbonyl (C=O) groups excluding carboxylic acids is 1. The lowest BCUT2D eigenvalue weighted by atomic mass is 9.96. The van der Waals surface area contributed by atoms with E-state index in [-0.39, 0.29) is 11.9 Å². The first-order valence-electron chi connectivity index (χ1n) is 5.89. The van der Waals surface area contributed by atoms with Gasteiger partial charge in [-0.15, -0.1) is 0 Å². The number of rotatable bonds is 2. The normalized spacial score (nSPS) is 16.9. The molecule has 0 atom stereocenters. The maximum Gasteiger partial charge on any atom is 0.308 e. The monoisotopic (exact) mass is 234 g/mol. The highest BCUT2D eigenvalue weighted by atomic mass is 16.5. The van der Waals surface area contributed by atoms with Crippen LogP contribution in [0.1, 0.15) is 12.8 Å². The molecule has 2 N–H and O–H groups in total. The standard InChI is InChI=1S/C13H18N2O2/c1-17-13(16)10-6-8-15(9-7-10)12-4-2-11(14)3-5-12/h2-5,10H,6-9,14H2,1H3. The van der Waals surface area contributed by atoms with Crippen molar-refractivity contribution in [1.82, 2.24) is 0 Å². The van der Waals surface area contributed by atoms with Crippen LogP contribution in [0.3, 0.4) is 0 Å². The van der Waals surface area contributed by atoms with Crippen molar-refractivity contribution < 1.29 is 9.53 Å². The first-order chi connectivity index (χ1) is 8.20. The molecule has 1 saturated heterocycles. The van der Waals surface area contributed by atoms with Gasteiger partial charge in [-0.25, -0.2) is 0 Å². The summed E-state index contributed by atoms with van der Waals surface area (Å²) in [6.45, 7) is 1.79. The van der Waals surface area contributed by atoms with Crippen molar-refractivity contribution in [2.24, 2.45) is 5.92 Å². The van der Waals surface area contributed by atoms with Crippen molar-refractivity contribution in [2.75, 3.05) is 30.8 Å². The van der Waals surface area contributed by atoms with Gasteiger partial charge in [0.05, 0.1) is 13.0 Å². The molecule has 4 nitrogen and oxygen atoms in total. The van der Waals surface area contributed by atoms with Crippen LogP contribution in [0.5, 0.6) is 0 Å². The predicted octanol–water partition coefficient (Wildman–Crippen LogP) is 1.66. The molecule has 0 bridgehead atoms. The van der Waals surface area contributed by atoms with Crippen molar-refractivity contribution in [2.45, 2.75) is 12.8 Å². The topological polar surface area (TPSA) is 55.6 Å². The fourth-order valence-electron chi connectivity index (χ4n) is 2.23. The predicted molar refractivity (Wildman–Crippen MR) is 67.8 cm³/mol. The Morgan fingerprint density at radius 1 is 1.29 bits per heavy atom. The van der Waals surface area contributed by atoms with Gasteiger partial charge in [0.2, 0.25) is 0 Å². The van der Waals surface area contributed by atoms with Crippen molar-refractivity contribution in [3.05, 3.63) is 24.3 Å². The summed E-state index contributed by atoms with van der Waals surface area (Å²) < 4.78 is 4.77. The van der Waals surface area contributed by atoms with Crippen molar-refractivity contribution in [3.8, 4) is 0 Å². The Hall–Kier alpha value is -1.71. The number of nitrogens with two attached hydrogens (primary N) is 1. The lowest BCUT2D eigenvalue weighted by Gasteiger charge is -2.32. The SMILES string of the molecule is COC(=O)C1CCN(c2ccc(N)cc2)CC1. The third kappa shape index (κ3) is 2.70. The van der Waals surface area contributed by atoms with E-state index in [2.05, 4.69) is 4.90 Å². The number of nitrogen functional groups attached to an aromatic ring is 1. The van der Waals surface area contributed by atoms with Crippen molar-refractivity contribution in [1.29, 1.82) is 0 Å². The number of piperidine rings is 1. The van der Waals surface area contributed by atoms with E-state index < -0.39 is 0 Å². The average molecular weight is 234 g/mol. The number of nitrogens with zero attached hydrogens (tertiary/aromatic N) is 1. The van der Waals surface area contributed by atoms with Gasteiger partial charge in [0.25, 0.3) is 0 Å². The highest BCUT2D eigenvalue weighted by Crippen LogP contribution is 2.24. The number of anilines is 2. The molecule has 1 fully saturated rings. The smallest absolute Gasteiger partial charge is 0.308 e. The molecule has 0 radical (unpaired) electrons. The van der Waals surface area contributed by atoms with Crippen LogP contribution >= 0.6 is 0 Å². The second-order valence-corrected chi connectivity index (χ2v) is 4.38. The number of carbonyl (C=O) groups is 1. The Kier molecular flexibility index (Phi) is 3.52. The van der Waals surface area contributed by atoms with Crippen molar-refractivity contribution in [3.63, 3.8) is 0 Å². The van der Waals surface area contributed by atoms with Crippen LogP contribution in [0, 0.1) is 5.92 Å². The third-order valence-corrected chi connectivity index (χ3v) is 3.29. The molecule has 4 heteroatoms. The molecule has 1 aliphatic heterocycles. The molecule has 17 heavy (non-hydrogen) atoms. The van der Waals surface area contributed by atoms with Gasteiger partial charge in [-0.1, -0.05) is 0 Å². The highest BCUT2D eigenvalue weighted by Gasteiger charge is 2.25. The molecule has 0 saturated carbocycles. The van der Waals surface area contributed by atoms with Gasteiger partial charge >= 0.3 is 5.97 Å². The van der Waals surface area contributed by atoms with Crippen LogP contribution in [-0.4, -0.2) is 26.2 Å². The minimum atomic E-state index is -0.0815. The summed E-state index contributed by atoms with van der Waals surface area (Å²) in [5.74, 6) is -0.0213. The molecule has 0 aliphatic carbocycles. The quantitative estimate of drug-likeness (QED) is 0.624. The molecule has 0 spiro atoms. The Labute approximate surface area is 101 Å². The minimum Gasteiger partial charge on any atom is -0.469 e. The van der Waals surface area contributed by atoms with E-state index in [0.29, 0.717) is 0 Å². The molecule has 0 amide bonds. The average Bonchev–Trinajstić information content (AvgIpc) is 2.39. The molecular formula is C13H18N2O2. The molecule has 92 valence electrons. The van der Waals surface area contributed by atoms with Gasteiger partial charge in [-0.05, 0) is 37.1 Å². The molecule has 1 aliphatic rings. The molecule has 0 aromatic heterocycles. The third-order valence-electron chi connectivity index (χ3n) is 3.29. The number of hydrogen-bond donors (Lipinski definition) is 1. The van der Waals surface area contributed by atoms with E-state index in [1.807, 2.05) is 24.3 Å². The second kappa shape index (κ2) is 5.08. The summed E-state index contributed by atoms with van der Waals surface area (Å²) in [5, 5.41) is 0. The molecule has 1 aromatic carbocycles. The van der Waals surface area contributed by atoms with Crippen LogP contribution in [0.25, 0.3) is 0 Å². The summed E-state index contributed by atoms with van der Waals surface area (Å²) in [4.78, 5) is 13.7. The molecule has 2 rings (SSSR count). The zero-order chi connectivity index (χ0) is 12.3. The summed E-state index contributed by atoms with van der Waals surface area (Å²) >= 11 is 0. The maximum absolute atomic E-state index is 11.4. The summed E-state index contributed by atoms with van der Waals surface area (Å²) in [6, 6.07) is 7.85. The fourth-order valence-corrected chi connectivity index (χ4v) is 2.23. The highest BCUT2D eigenvalue weighted by molar-refractivity contribution is 5.72. The lowest BCUT2D eigenvalue weighted by Crippen LogP contribution is -2.36. The number of hydrogen-bond acceptors (Lipinski definition) is 4. The largest absolute Gasteiger partial charge is 0.469 e. The summed E-state index contributed by atoms with van der Waals surface area (Å²) in [6.07, 6.45) is 1.72. The van der Waals surface area contributed by atoms with Gasteiger partial charge in [0.15, 0.2) is 0 Å². The van der Waals surface area contributed by atoms with E-state index in [1.165, 1.54) is 12.8 Å². The number of methoxy groups -OCH3 is 1. The Bertz CT molecular complexity index is 381. The molecule has 1 heterocycles. The van der Waals surface area contributed by atoms with Crippen LogP contribution < -0.4 is 10.6 Å². The number of benzene rings is 1. The molecular weight excluding hydrogens is 216 g/mol. The first-order valence-corrected chi connectivity index (χ1v) is 5.89. The Morgan fingerprint density at radius 3 is 2.41 bits per heavy atom. The zero-order valence-electron chi connectivity index (χ0n) is 10.1. The van der Waals surface area contributed by atoms with Gasteiger partial charge in [0, 0.05) is 24.5 Å². The first kappa shape index (κ1) is 11.8. The van der Waals surface area contributed by atoms with Crippen molar-refractivity contribution >= 4 is 17.3 Å². The van der Waals surface area contributed by atoms with Crippen LogP contribution in [-0.2, 0) is 9.53 Å². The van der Waals surface area contributed by atoms with Gasteiger partial charge in [0.1, 0.15) is 0 Å². The zero-order valence-corrected chi connectivity index (χ0v) is 10.1. The van der Waals surface area contributed by atoms with Gasteiger partial charge < -0.3 is 15.4 Å². The second-order valence-electron chi connectivity index (χ2n) is 4.38. The molecule has 0 unspecified atom stereocenters. The molecule has 1 aromatic rings. The number of esters is 1. The number of ether oxygens (including phenoxy) is 1. The fraction of sp³-hybridized carbons (Fsp3) is 0.462. The van der Waals surface area contributed by atoms with E-state index in [4.69, 9.17) is 10.5 Å². The van der Waals surface area contributed by atoms with E-state index in [0.717, 1.165) is 31.6 Å². The van der Waals surface area contributed by atoms with E-state index >= 15 is 0 Å². The van der Waals surface area contributed by atoms with Gasteiger partial charge in [-0.2, -0.15) is 0 Å². The minimum absolute atomic E-state index is 0.0602. The lowest BCUT2D eigenvalue weighted by molar-refractivity contribution is -0.146. The van der Waals surface area contributed by atoms with Gasteiger partial charge in [-0.3, -0.25) is 4.79 Å². The van der Waals surface area contributed by atoms with Crippen LogP contribution in [0.4, 0.5) is 11.4 Å². The van der Waals surface area contributed by atoms with E-state index in [1.54, 1.807) is 0 Å². The van der Waals surface area contributed by atoms with Crippen LogP contribution in [0.2, 0.25) is 0 Å².